The van der Waals surface area contributed by atoms with E-state index in [0.29, 0.717) is 17.2 Å². The number of hydrogen-bond donors (Lipinski definition) is 2. The van der Waals surface area contributed by atoms with E-state index in [1.54, 1.807) is 24.3 Å². The molecule has 1 aliphatic rings. The maximum absolute atomic E-state index is 12.1. The first kappa shape index (κ1) is 13.7. The Labute approximate surface area is 125 Å². The van der Waals surface area contributed by atoms with E-state index in [1.165, 1.54) is 11.1 Å². The maximum atomic E-state index is 12.1. The van der Waals surface area contributed by atoms with E-state index >= 15 is 0 Å². The summed E-state index contributed by atoms with van der Waals surface area (Å²) >= 11 is 0. The van der Waals surface area contributed by atoms with Gasteiger partial charge in [-0.1, -0.05) is 30.3 Å². The molecule has 21 heavy (non-hydrogen) atoms. The van der Waals surface area contributed by atoms with E-state index in [4.69, 9.17) is 5.73 Å². The third-order valence-electron chi connectivity index (χ3n) is 4.15. The van der Waals surface area contributed by atoms with E-state index in [-0.39, 0.29) is 5.91 Å². The number of nitrogen functional groups attached to an aromatic ring is 1. The summed E-state index contributed by atoms with van der Waals surface area (Å²) in [6, 6.07) is 15.7. The monoisotopic (exact) mass is 280 g/mol. The van der Waals surface area contributed by atoms with Gasteiger partial charge in [0, 0.05) is 17.8 Å². The molecule has 1 unspecified atom stereocenters. The molecular weight excluding hydrogens is 260 g/mol. The van der Waals surface area contributed by atoms with Gasteiger partial charge in [-0.25, -0.2) is 0 Å². The van der Waals surface area contributed by atoms with Gasteiger partial charge in [0.15, 0.2) is 0 Å². The zero-order chi connectivity index (χ0) is 14.7. The van der Waals surface area contributed by atoms with Gasteiger partial charge in [-0.15, -0.1) is 0 Å². The van der Waals surface area contributed by atoms with Crippen molar-refractivity contribution in [3.8, 4) is 0 Å². The number of fused-ring (bicyclic) bond motifs is 1. The highest BCUT2D eigenvalue weighted by Gasteiger charge is 2.18. The number of carbonyl (C=O) groups is 1. The molecule has 1 amide bonds. The molecule has 108 valence electrons. The molecule has 2 aromatic carbocycles. The molecule has 3 rings (SSSR count). The van der Waals surface area contributed by atoms with Crippen molar-refractivity contribution < 1.29 is 4.79 Å². The lowest BCUT2D eigenvalue weighted by atomic mass is 9.84. The molecule has 1 atom stereocenters. The van der Waals surface area contributed by atoms with Crippen LogP contribution < -0.4 is 11.1 Å². The molecule has 0 bridgehead atoms. The Morgan fingerprint density at radius 1 is 1.14 bits per heavy atom. The topological polar surface area (TPSA) is 55.1 Å². The molecule has 3 heteroatoms. The fourth-order valence-electron chi connectivity index (χ4n) is 2.97. The Balaban J connectivity index is 1.58. The normalized spacial score (nSPS) is 17.0. The van der Waals surface area contributed by atoms with Crippen molar-refractivity contribution in [2.24, 2.45) is 5.92 Å². The van der Waals surface area contributed by atoms with E-state index in [1.807, 2.05) is 0 Å². The van der Waals surface area contributed by atoms with Gasteiger partial charge >= 0.3 is 0 Å². The fourth-order valence-corrected chi connectivity index (χ4v) is 2.97. The molecule has 0 spiro atoms. The van der Waals surface area contributed by atoms with E-state index in [9.17, 15) is 4.79 Å². The van der Waals surface area contributed by atoms with Crippen LogP contribution in [0.15, 0.2) is 48.5 Å². The zero-order valence-electron chi connectivity index (χ0n) is 12.0. The van der Waals surface area contributed by atoms with Gasteiger partial charge in [-0.2, -0.15) is 0 Å². The Hall–Kier alpha value is -2.29. The Bertz CT molecular complexity index is 651. The van der Waals surface area contributed by atoms with Crippen molar-refractivity contribution in [2.45, 2.75) is 19.3 Å². The van der Waals surface area contributed by atoms with Crippen molar-refractivity contribution in [2.75, 3.05) is 12.3 Å². The first-order valence-electron chi connectivity index (χ1n) is 7.43. The van der Waals surface area contributed by atoms with Crippen molar-refractivity contribution in [1.82, 2.24) is 5.32 Å². The fraction of sp³-hybridized carbons (Fsp3) is 0.278. The largest absolute Gasteiger partial charge is 0.399 e. The number of aryl methyl sites for hydroxylation is 1. The number of hydrogen-bond acceptors (Lipinski definition) is 2. The predicted molar refractivity (Wildman–Crippen MR) is 85.1 cm³/mol. The third kappa shape index (κ3) is 3.24. The van der Waals surface area contributed by atoms with E-state index in [0.717, 1.165) is 25.8 Å². The molecule has 0 fully saturated rings. The van der Waals surface area contributed by atoms with Crippen LogP contribution in [0.4, 0.5) is 5.69 Å². The van der Waals surface area contributed by atoms with E-state index < -0.39 is 0 Å². The second kappa shape index (κ2) is 6.00. The Morgan fingerprint density at radius 3 is 2.76 bits per heavy atom. The number of anilines is 1. The number of carbonyl (C=O) groups excluding carboxylic acids is 1. The summed E-state index contributed by atoms with van der Waals surface area (Å²) < 4.78 is 0. The SMILES string of the molecule is Nc1cccc(C(=O)NCC2CCc3ccccc3C2)c1. The second-order valence-electron chi connectivity index (χ2n) is 5.71. The van der Waals surface area contributed by atoms with Crippen molar-refractivity contribution in [3.05, 3.63) is 65.2 Å². The molecule has 0 aromatic heterocycles. The van der Waals surface area contributed by atoms with Gasteiger partial charge in [0.2, 0.25) is 0 Å². The van der Waals surface area contributed by atoms with Crippen LogP contribution in [0.3, 0.4) is 0 Å². The first-order valence-corrected chi connectivity index (χ1v) is 7.43. The first-order chi connectivity index (χ1) is 10.2. The lowest BCUT2D eigenvalue weighted by Crippen LogP contribution is -2.32. The number of amides is 1. The van der Waals surface area contributed by atoms with Gasteiger partial charge in [-0.3, -0.25) is 4.79 Å². The van der Waals surface area contributed by atoms with Crippen LogP contribution in [0.25, 0.3) is 0 Å². The molecule has 1 aliphatic carbocycles. The number of benzene rings is 2. The molecule has 3 N–H and O–H groups in total. The predicted octanol–water partition coefficient (Wildman–Crippen LogP) is 2.80. The minimum Gasteiger partial charge on any atom is -0.399 e. The Morgan fingerprint density at radius 2 is 1.95 bits per heavy atom. The maximum Gasteiger partial charge on any atom is 0.251 e. The Kier molecular flexibility index (Phi) is 3.91. The number of nitrogens with one attached hydrogen (secondary N) is 1. The van der Waals surface area contributed by atoms with E-state index in [2.05, 4.69) is 29.6 Å². The minimum atomic E-state index is -0.0406. The summed E-state index contributed by atoms with van der Waals surface area (Å²) in [6.45, 7) is 0.724. The highest BCUT2D eigenvalue weighted by Crippen LogP contribution is 2.24. The molecule has 0 saturated carbocycles. The van der Waals surface area contributed by atoms with Crippen LogP contribution in [-0.2, 0) is 12.8 Å². The zero-order valence-corrected chi connectivity index (χ0v) is 12.0. The van der Waals surface area contributed by atoms with Gasteiger partial charge in [0.25, 0.3) is 5.91 Å². The molecular formula is C18H20N2O. The smallest absolute Gasteiger partial charge is 0.251 e. The van der Waals surface area contributed by atoms with Crippen LogP contribution >= 0.6 is 0 Å². The summed E-state index contributed by atoms with van der Waals surface area (Å²) in [5.41, 5.74) is 9.84. The summed E-state index contributed by atoms with van der Waals surface area (Å²) in [7, 11) is 0. The summed E-state index contributed by atoms with van der Waals surface area (Å²) in [6.07, 6.45) is 3.29. The summed E-state index contributed by atoms with van der Waals surface area (Å²) in [4.78, 5) is 12.1. The van der Waals surface area contributed by atoms with Crippen molar-refractivity contribution in [3.63, 3.8) is 0 Å². The number of nitrogens with two attached hydrogens (primary N) is 1. The van der Waals surface area contributed by atoms with Gasteiger partial charge in [-0.05, 0) is 54.5 Å². The highest BCUT2D eigenvalue weighted by molar-refractivity contribution is 5.94. The lowest BCUT2D eigenvalue weighted by Gasteiger charge is -2.24. The van der Waals surface area contributed by atoms with Crippen LogP contribution in [0.2, 0.25) is 0 Å². The molecule has 3 nitrogen and oxygen atoms in total. The standard InChI is InChI=1S/C18H20N2O/c19-17-7-3-6-16(11-17)18(21)20-12-13-8-9-14-4-1-2-5-15(14)10-13/h1-7,11,13H,8-10,12,19H2,(H,20,21). The number of rotatable bonds is 3. The molecule has 0 saturated heterocycles. The van der Waals surface area contributed by atoms with Crippen LogP contribution in [0.5, 0.6) is 0 Å². The molecule has 0 heterocycles. The second-order valence-corrected chi connectivity index (χ2v) is 5.71. The highest BCUT2D eigenvalue weighted by atomic mass is 16.1. The van der Waals surface area contributed by atoms with Gasteiger partial charge in [0.05, 0.1) is 0 Å². The van der Waals surface area contributed by atoms with Crippen LogP contribution in [0.1, 0.15) is 27.9 Å². The summed E-state index contributed by atoms with van der Waals surface area (Å²) in [5, 5.41) is 3.03. The lowest BCUT2D eigenvalue weighted by molar-refractivity contribution is 0.0946. The van der Waals surface area contributed by atoms with Crippen molar-refractivity contribution in [1.29, 1.82) is 0 Å². The molecule has 2 aromatic rings. The van der Waals surface area contributed by atoms with Gasteiger partial charge in [0.1, 0.15) is 0 Å². The molecule has 0 radical (unpaired) electrons. The average molecular weight is 280 g/mol. The minimum absolute atomic E-state index is 0.0406. The van der Waals surface area contributed by atoms with Gasteiger partial charge < -0.3 is 11.1 Å². The van der Waals surface area contributed by atoms with Crippen LogP contribution in [0, 0.1) is 5.92 Å². The summed E-state index contributed by atoms with van der Waals surface area (Å²) in [5.74, 6) is 0.478. The quantitative estimate of drug-likeness (QED) is 0.849. The van der Waals surface area contributed by atoms with Crippen LogP contribution in [-0.4, -0.2) is 12.5 Å². The average Bonchev–Trinajstić information content (AvgIpc) is 2.52. The third-order valence-corrected chi connectivity index (χ3v) is 4.15. The molecule has 0 aliphatic heterocycles. The van der Waals surface area contributed by atoms with Crippen molar-refractivity contribution >= 4 is 11.6 Å².